The van der Waals surface area contributed by atoms with Crippen LogP contribution in [-0.2, 0) is 4.74 Å². The van der Waals surface area contributed by atoms with Gasteiger partial charge in [0.1, 0.15) is 0 Å². The van der Waals surface area contributed by atoms with Gasteiger partial charge in [-0.1, -0.05) is 18.2 Å². The number of nitrogens with one attached hydrogen (secondary N) is 4. The Balaban J connectivity index is 1.42. The number of carbonyl (C=O) groups is 2. The van der Waals surface area contributed by atoms with Crippen LogP contribution in [0.4, 0.5) is 16.3 Å². The summed E-state index contributed by atoms with van der Waals surface area (Å²) in [5.74, 6) is 0.196. The number of urea groups is 1. The van der Waals surface area contributed by atoms with Crippen LogP contribution in [0.3, 0.4) is 0 Å². The van der Waals surface area contributed by atoms with Gasteiger partial charge in [0.25, 0.3) is 5.56 Å². The Morgan fingerprint density at radius 1 is 1.03 bits per heavy atom. The molecule has 4 N–H and O–H groups in total. The zero-order chi connectivity index (χ0) is 21.3. The molecule has 0 unspecified atom stereocenters. The van der Waals surface area contributed by atoms with Crippen LogP contribution in [0.2, 0.25) is 0 Å². The number of aromatic amines is 1. The van der Waals surface area contributed by atoms with E-state index in [1.807, 2.05) is 12.1 Å². The highest BCUT2D eigenvalue weighted by atomic mass is 16.5. The fourth-order valence-electron chi connectivity index (χ4n) is 2.83. The van der Waals surface area contributed by atoms with Gasteiger partial charge in [-0.25, -0.2) is 14.7 Å². The van der Waals surface area contributed by atoms with Crippen molar-refractivity contribution in [2.45, 2.75) is 13.3 Å². The first-order chi connectivity index (χ1) is 14.6. The predicted molar refractivity (Wildman–Crippen MR) is 115 cm³/mol. The first kappa shape index (κ1) is 20.8. The molecule has 0 aliphatic heterocycles. The molecule has 0 spiro atoms. The van der Waals surface area contributed by atoms with Gasteiger partial charge in [-0.3, -0.25) is 4.79 Å². The van der Waals surface area contributed by atoms with Crippen molar-refractivity contribution in [3.8, 4) is 0 Å². The van der Waals surface area contributed by atoms with E-state index in [0.29, 0.717) is 48.6 Å². The van der Waals surface area contributed by atoms with Crippen molar-refractivity contribution < 1.29 is 14.3 Å². The number of fused-ring (bicyclic) bond motifs is 1. The first-order valence-electron chi connectivity index (χ1n) is 9.62. The van der Waals surface area contributed by atoms with E-state index in [1.165, 1.54) is 0 Å². The third kappa shape index (κ3) is 5.34. The molecule has 0 radical (unpaired) electrons. The second-order valence-electron chi connectivity index (χ2n) is 6.41. The maximum atomic E-state index is 12.0. The lowest BCUT2D eigenvalue weighted by atomic mass is 10.2. The van der Waals surface area contributed by atoms with E-state index in [-0.39, 0.29) is 11.6 Å². The SMILES string of the molecule is CCOC(=O)c1ccc(NC(=O)NCCCNc2n[nH]c(=O)c3ccccc23)cc1. The highest BCUT2D eigenvalue weighted by Crippen LogP contribution is 2.16. The van der Waals surface area contributed by atoms with E-state index < -0.39 is 5.97 Å². The zero-order valence-electron chi connectivity index (χ0n) is 16.5. The van der Waals surface area contributed by atoms with Crippen molar-refractivity contribution >= 4 is 34.3 Å². The smallest absolute Gasteiger partial charge is 0.338 e. The predicted octanol–water partition coefficient (Wildman–Crippen LogP) is 2.72. The van der Waals surface area contributed by atoms with Gasteiger partial charge in [0.05, 0.1) is 17.6 Å². The molecule has 9 heteroatoms. The van der Waals surface area contributed by atoms with Crippen LogP contribution in [0, 0.1) is 0 Å². The van der Waals surface area contributed by atoms with Gasteiger partial charge in [0.15, 0.2) is 5.82 Å². The molecule has 0 aliphatic carbocycles. The molecule has 1 heterocycles. The van der Waals surface area contributed by atoms with Crippen molar-refractivity contribution in [1.29, 1.82) is 0 Å². The largest absolute Gasteiger partial charge is 0.462 e. The standard InChI is InChI=1S/C21H23N5O4/c1-2-30-20(28)14-8-10-15(11-9-14)24-21(29)23-13-5-12-22-18-16-6-3-4-7-17(16)19(27)26-25-18/h3-4,6-11H,2,5,12-13H2,1H3,(H,22,25)(H,26,27)(H2,23,24,29). The fourth-order valence-corrected chi connectivity index (χ4v) is 2.83. The number of benzene rings is 2. The number of nitrogens with zero attached hydrogens (tertiary/aromatic N) is 1. The van der Waals surface area contributed by atoms with Crippen LogP contribution in [0.15, 0.2) is 53.3 Å². The van der Waals surface area contributed by atoms with Crippen LogP contribution in [-0.4, -0.2) is 41.9 Å². The molecule has 30 heavy (non-hydrogen) atoms. The van der Waals surface area contributed by atoms with Gasteiger partial charge in [-0.2, -0.15) is 5.10 Å². The second kappa shape index (κ2) is 10.1. The Bertz CT molecular complexity index is 1080. The third-order valence-electron chi connectivity index (χ3n) is 4.28. The summed E-state index contributed by atoms with van der Waals surface area (Å²) < 4.78 is 4.92. The molecule has 0 saturated carbocycles. The van der Waals surface area contributed by atoms with Crippen LogP contribution >= 0.6 is 0 Å². The van der Waals surface area contributed by atoms with Crippen molar-refractivity contribution in [2.24, 2.45) is 0 Å². The second-order valence-corrected chi connectivity index (χ2v) is 6.41. The molecule has 1 aromatic heterocycles. The van der Waals surface area contributed by atoms with E-state index >= 15 is 0 Å². The number of ether oxygens (including phenoxy) is 1. The van der Waals surface area contributed by atoms with E-state index in [0.717, 1.165) is 5.39 Å². The average Bonchev–Trinajstić information content (AvgIpc) is 2.76. The number of rotatable bonds is 8. The molecule has 3 rings (SSSR count). The highest BCUT2D eigenvalue weighted by molar-refractivity contribution is 5.92. The Morgan fingerprint density at radius 3 is 2.50 bits per heavy atom. The third-order valence-corrected chi connectivity index (χ3v) is 4.28. The van der Waals surface area contributed by atoms with E-state index in [1.54, 1.807) is 43.3 Å². The molecular weight excluding hydrogens is 386 g/mol. The Labute approximate surface area is 172 Å². The average molecular weight is 409 g/mol. The number of hydrogen-bond donors (Lipinski definition) is 4. The molecule has 0 atom stereocenters. The maximum absolute atomic E-state index is 12.0. The summed E-state index contributed by atoms with van der Waals surface area (Å²) in [5, 5.41) is 16.5. The number of hydrogen-bond acceptors (Lipinski definition) is 6. The summed E-state index contributed by atoms with van der Waals surface area (Å²) in [6.07, 6.45) is 0.657. The van der Waals surface area contributed by atoms with Crippen molar-refractivity contribution in [3.05, 3.63) is 64.4 Å². The summed E-state index contributed by atoms with van der Waals surface area (Å²) in [7, 11) is 0. The van der Waals surface area contributed by atoms with Gasteiger partial charge in [0.2, 0.25) is 0 Å². The Morgan fingerprint density at radius 2 is 1.77 bits per heavy atom. The van der Waals surface area contributed by atoms with Gasteiger partial charge in [-0.05, 0) is 43.7 Å². The minimum Gasteiger partial charge on any atom is -0.462 e. The monoisotopic (exact) mass is 409 g/mol. The van der Waals surface area contributed by atoms with Gasteiger partial charge < -0.3 is 20.7 Å². The first-order valence-corrected chi connectivity index (χ1v) is 9.62. The summed E-state index contributed by atoms with van der Waals surface area (Å²) in [6.45, 7) is 3.07. The van der Waals surface area contributed by atoms with Crippen molar-refractivity contribution in [2.75, 3.05) is 30.3 Å². The minimum absolute atomic E-state index is 0.232. The van der Waals surface area contributed by atoms with E-state index in [2.05, 4.69) is 26.1 Å². The molecule has 2 aromatic carbocycles. The number of amides is 2. The van der Waals surface area contributed by atoms with Gasteiger partial charge in [-0.15, -0.1) is 0 Å². The zero-order valence-corrected chi connectivity index (χ0v) is 16.5. The lowest BCUT2D eigenvalue weighted by Gasteiger charge is -2.10. The molecule has 2 amide bonds. The van der Waals surface area contributed by atoms with Crippen LogP contribution in [0.1, 0.15) is 23.7 Å². The van der Waals surface area contributed by atoms with Crippen molar-refractivity contribution in [3.63, 3.8) is 0 Å². The molecule has 156 valence electrons. The Kier molecular flexibility index (Phi) is 6.99. The highest BCUT2D eigenvalue weighted by Gasteiger charge is 2.07. The lowest BCUT2D eigenvalue weighted by molar-refractivity contribution is 0.0526. The topological polar surface area (TPSA) is 125 Å². The summed E-state index contributed by atoms with van der Waals surface area (Å²) in [4.78, 5) is 35.4. The molecule has 3 aromatic rings. The summed E-state index contributed by atoms with van der Waals surface area (Å²) in [5.41, 5.74) is 0.768. The molecular formula is C21H23N5O4. The van der Waals surface area contributed by atoms with Crippen LogP contribution in [0.5, 0.6) is 0 Å². The van der Waals surface area contributed by atoms with Crippen LogP contribution < -0.4 is 21.5 Å². The normalized spacial score (nSPS) is 10.4. The van der Waals surface area contributed by atoms with Crippen LogP contribution in [0.25, 0.3) is 10.8 Å². The minimum atomic E-state index is -0.397. The fraction of sp³-hybridized carbons (Fsp3) is 0.238. The molecule has 0 bridgehead atoms. The molecule has 0 fully saturated rings. The summed E-state index contributed by atoms with van der Waals surface area (Å²) >= 11 is 0. The number of H-pyrrole nitrogens is 1. The molecule has 0 aliphatic rings. The maximum Gasteiger partial charge on any atom is 0.338 e. The number of esters is 1. The van der Waals surface area contributed by atoms with Gasteiger partial charge in [0, 0.05) is 24.2 Å². The number of anilines is 2. The van der Waals surface area contributed by atoms with E-state index in [4.69, 9.17) is 4.74 Å². The number of aromatic nitrogens is 2. The number of carbonyl (C=O) groups excluding carboxylic acids is 2. The lowest BCUT2D eigenvalue weighted by Crippen LogP contribution is -2.30. The van der Waals surface area contributed by atoms with Gasteiger partial charge >= 0.3 is 12.0 Å². The van der Waals surface area contributed by atoms with Crippen molar-refractivity contribution in [1.82, 2.24) is 15.5 Å². The van der Waals surface area contributed by atoms with E-state index in [9.17, 15) is 14.4 Å². The quantitative estimate of drug-likeness (QED) is 0.335. The Hall–Kier alpha value is -3.88. The molecule has 9 nitrogen and oxygen atoms in total. The summed E-state index contributed by atoms with van der Waals surface area (Å²) in [6, 6.07) is 13.4. The molecule has 0 saturated heterocycles.